The molecule has 1 amide bonds. The molecule has 0 spiro atoms. The number of rotatable bonds is 7. The molecule has 0 bridgehead atoms. The molecule has 1 aliphatic rings. The molecule has 2 rings (SSSR count). The van der Waals surface area contributed by atoms with Crippen molar-refractivity contribution in [1.29, 1.82) is 0 Å². The first-order chi connectivity index (χ1) is 9.68. The molecular formula is C14H23N3O3. The molecule has 1 N–H and O–H groups in total. The molecule has 1 aromatic rings. The molecule has 1 fully saturated rings. The molecule has 6 heteroatoms. The maximum absolute atomic E-state index is 11.9. The van der Waals surface area contributed by atoms with Crippen molar-refractivity contribution in [2.75, 3.05) is 26.4 Å². The van der Waals surface area contributed by atoms with E-state index in [1.165, 1.54) is 0 Å². The summed E-state index contributed by atoms with van der Waals surface area (Å²) in [5.74, 6) is -0.0743. The Balaban J connectivity index is 1.56. The summed E-state index contributed by atoms with van der Waals surface area (Å²) in [6.45, 7) is 4.65. The number of carbonyl (C=O) groups excluding carboxylic acids is 1. The molecular weight excluding hydrogens is 258 g/mol. The minimum atomic E-state index is -0.0743. The molecule has 1 aromatic heterocycles. The van der Waals surface area contributed by atoms with Crippen molar-refractivity contribution in [1.82, 2.24) is 15.1 Å². The lowest BCUT2D eigenvalue weighted by atomic mass is 10.2. The van der Waals surface area contributed by atoms with E-state index in [2.05, 4.69) is 10.4 Å². The standard InChI is InChI=1S/C14H23N3O3/c1-11-13(9-16-17(11)2)14(18)15-6-4-7-19-10-12-5-3-8-20-12/h9,12H,3-8,10H2,1-2H3,(H,15,18)/t12-/m1/s1. The zero-order chi connectivity index (χ0) is 14.4. The van der Waals surface area contributed by atoms with Gasteiger partial charge in [-0.15, -0.1) is 0 Å². The Hall–Kier alpha value is -1.40. The fourth-order valence-electron chi connectivity index (χ4n) is 2.18. The molecule has 6 nitrogen and oxygen atoms in total. The Kier molecular flexibility index (Phi) is 5.55. The Labute approximate surface area is 119 Å². The summed E-state index contributed by atoms with van der Waals surface area (Å²) in [4.78, 5) is 11.9. The van der Waals surface area contributed by atoms with Crippen LogP contribution < -0.4 is 5.32 Å². The first-order valence-corrected chi connectivity index (χ1v) is 7.14. The highest BCUT2D eigenvalue weighted by atomic mass is 16.5. The van der Waals surface area contributed by atoms with Crippen molar-refractivity contribution in [3.8, 4) is 0 Å². The van der Waals surface area contributed by atoms with Crippen LogP contribution in [0.15, 0.2) is 6.20 Å². The van der Waals surface area contributed by atoms with Gasteiger partial charge in [0.25, 0.3) is 5.91 Å². The third kappa shape index (κ3) is 4.05. The topological polar surface area (TPSA) is 65.4 Å². The van der Waals surface area contributed by atoms with Crippen LogP contribution in [-0.2, 0) is 16.5 Å². The number of aromatic nitrogens is 2. The van der Waals surface area contributed by atoms with Crippen molar-refractivity contribution in [3.63, 3.8) is 0 Å². The largest absolute Gasteiger partial charge is 0.379 e. The number of nitrogens with zero attached hydrogens (tertiary/aromatic N) is 2. The summed E-state index contributed by atoms with van der Waals surface area (Å²) in [6.07, 6.45) is 4.89. The van der Waals surface area contributed by atoms with Gasteiger partial charge in [-0.2, -0.15) is 5.10 Å². The molecule has 2 heterocycles. The molecule has 0 unspecified atom stereocenters. The fourth-order valence-corrected chi connectivity index (χ4v) is 2.18. The minimum Gasteiger partial charge on any atom is -0.379 e. The molecule has 20 heavy (non-hydrogen) atoms. The summed E-state index contributed by atoms with van der Waals surface area (Å²) in [6, 6.07) is 0. The Bertz CT molecular complexity index is 439. The zero-order valence-electron chi connectivity index (χ0n) is 12.2. The maximum atomic E-state index is 11.9. The highest BCUT2D eigenvalue weighted by Gasteiger charge is 2.15. The smallest absolute Gasteiger partial charge is 0.254 e. The molecule has 0 aliphatic carbocycles. The van der Waals surface area contributed by atoms with E-state index >= 15 is 0 Å². The number of aryl methyl sites for hydroxylation is 1. The van der Waals surface area contributed by atoms with Gasteiger partial charge in [-0.1, -0.05) is 0 Å². The van der Waals surface area contributed by atoms with Gasteiger partial charge in [0.1, 0.15) is 0 Å². The van der Waals surface area contributed by atoms with Crippen LogP contribution in [0.2, 0.25) is 0 Å². The van der Waals surface area contributed by atoms with Crippen molar-refractivity contribution in [2.24, 2.45) is 7.05 Å². The number of ether oxygens (including phenoxy) is 2. The van der Waals surface area contributed by atoms with Gasteiger partial charge in [0.15, 0.2) is 0 Å². The van der Waals surface area contributed by atoms with E-state index in [9.17, 15) is 4.79 Å². The number of carbonyl (C=O) groups is 1. The lowest BCUT2D eigenvalue weighted by Gasteiger charge is -2.10. The van der Waals surface area contributed by atoms with Gasteiger partial charge in [-0.3, -0.25) is 9.48 Å². The SMILES string of the molecule is Cc1c(C(=O)NCCCOC[C@H]2CCCO2)cnn1C. The number of nitrogens with one attached hydrogen (secondary N) is 1. The van der Waals surface area contributed by atoms with Gasteiger partial charge in [-0.05, 0) is 26.2 Å². The van der Waals surface area contributed by atoms with Crippen LogP contribution in [0.1, 0.15) is 35.3 Å². The molecule has 112 valence electrons. The van der Waals surface area contributed by atoms with E-state index in [1.54, 1.807) is 10.9 Å². The summed E-state index contributed by atoms with van der Waals surface area (Å²) < 4.78 is 12.7. The van der Waals surface area contributed by atoms with Crippen LogP contribution in [0.5, 0.6) is 0 Å². The first-order valence-electron chi connectivity index (χ1n) is 7.14. The molecule has 0 radical (unpaired) electrons. The molecule has 0 saturated carbocycles. The van der Waals surface area contributed by atoms with E-state index in [0.717, 1.165) is 31.6 Å². The second kappa shape index (κ2) is 7.40. The van der Waals surface area contributed by atoms with Crippen LogP contribution in [0.4, 0.5) is 0 Å². The van der Waals surface area contributed by atoms with Gasteiger partial charge in [0.05, 0.1) is 24.5 Å². The summed E-state index contributed by atoms with van der Waals surface area (Å²) in [5, 5.41) is 6.93. The third-order valence-corrected chi connectivity index (χ3v) is 3.56. The highest BCUT2D eigenvalue weighted by Crippen LogP contribution is 2.11. The Morgan fingerprint density at radius 1 is 1.65 bits per heavy atom. The normalized spacial score (nSPS) is 18.4. The number of hydrogen-bond acceptors (Lipinski definition) is 4. The van der Waals surface area contributed by atoms with Crippen molar-refractivity contribution < 1.29 is 14.3 Å². The molecule has 0 aromatic carbocycles. The second-order valence-corrected chi connectivity index (χ2v) is 5.09. The van der Waals surface area contributed by atoms with Gasteiger partial charge in [0.2, 0.25) is 0 Å². The minimum absolute atomic E-state index is 0.0743. The van der Waals surface area contributed by atoms with Crippen LogP contribution in [0.3, 0.4) is 0 Å². The predicted molar refractivity (Wildman–Crippen MR) is 74.7 cm³/mol. The van der Waals surface area contributed by atoms with Crippen molar-refractivity contribution in [3.05, 3.63) is 17.5 Å². The van der Waals surface area contributed by atoms with E-state index in [1.807, 2.05) is 14.0 Å². The average Bonchev–Trinajstić information content (AvgIpc) is 3.05. The lowest BCUT2D eigenvalue weighted by molar-refractivity contribution is 0.0166. The molecule has 1 atom stereocenters. The van der Waals surface area contributed by atoms with E-state index in [-0.39, 0.29) is 12.0 Å². The van der Waals surface area contributed by atoms with Gasteiger partial charge in [0, 0.05) is 32.5 Å². The first kappa shape index (κ1) is 15.0. The van der Waals surface area contributed by atoms with Gasteiger partial charge >= 0.3 is 0 Å². The maximum Gasteiger partial charge on any atom is 0.254 e. The van der Waals surface area contributed by atoms with Crippen LogP contribution in [0, 0.1) is 6.92 Å². The predicted octanol–water partition coefficient (Wildman–Crippen LogP) is 1.04. The summed E-state index contributed by atoms with van der Waals surface area (Å²) in [7, 11) is 1.82. The zero-order valence-corrected chi connectivity index (χ0v) is 12.2. The van der Waals surface area contributed by atoms with Crippen molar-refractivity contribution in [2.45, 2.75) is 32.3 Å². The lowest BCUT2D eigenvalue weighted by Crippen LogP contribution is -2.26. The van der Waals surface area contributed by atoms with E-state index in [0.29, 0.717) is 25.3 Å². The highest BCUT2D eigenvalue weighted by molar-refractivity contribution is 5.94. The Morgan fingerprint density at radius 3 is 3.15 bits per heavy atom. The molecule has 1 aliphatic heterocycles. The second-order valence-electron chi connectivity index (χ2n) is 5.09. The number of hydrogen-bond donors (Lipinski definition) is 1. The van der Waals surface area contributed by atoms with Crippen molar-refractivity contribution >= 4 is 5.91 Å². The van der Waals surface area contributed by atoms with Crippen LogP contribution in [-0.4, -0.2) is 48.2 Å². The molecule has 1 saturated heterocycles. The van der Waals surface area contributed by atoms with Crippen LogP contribution in [0.25, 0.3) is 0 Å². The average molecular weight is 281 g/mol. The van der Waals surface area contributed by atoms with E-state index < -0.39 is 0 Å². The Morgan fingerprint density at radius 2 is 2.50 bits per heavy atom. The van der Waals surface area contributed by atoms with Crippen LogP contribution >= 0.6 is 0 Å². The number of amides is 1. The summed E-state index contributed by atoms with van der Waals surface area (Å²) in [5.41, 5.74) is 1.50. The fraction of sp³-hybridized carbons (Fsp3) is 0.714. The van der Waals surface area contributed by atoms with Gasteiger partial charge in [-0.25, -0.2) is 0 Å². The monoisotopic (exact) mass is 281 g/mol. The quantitative estimate of drug-likeness (QED) is 0.759. The summed E-state index contributed by atoms with van der Waals surface area (Å²) >= 11 is 0. The van der Waals surface area contributed by atoms with E-state index in [4.69, 9.17) is 9.47 Å². The van der Waals surface area contributed by atoms with Gasteiger partial charge < -0.3 is 14.8 Å². The third-order valence-electron chi connectivity index (χ3n) is 3.56.